The van der Waals surface area contributed by atoms with E-state index in [0.717, 1.165) is 19.3 Å². The van der Waals surface area contributed by atoms with Crippen molar-refractivity contribution in [1.29, 1.82) is 0 Å². The molecule has 96 valence electrons. The van der Waals surface area contributed by atoms with Crippen molar-refractivity contribution in [2.24, 2.45) is 17.6 Å². The summed E-state index contributed by atoms with van der Waals surface area (Å²) in [4.78, 5) is 25.4. The highest BCUT2D eigenvalue weighted by atomic mass is 16.2. The molecule has 1 saturated carbocycles. The zero-order chi connectivity index (χ0) is 12.4. The maximum absolute atomic E-state index is 11.9. The van der Waals surface area contributed by atoms with Crippen LogP contribution in [0.15, 0.2) is 0 Å². The largest absolute Gasteiger partial charge is 0.356 e. The molecule has 0 aromatic heterocycles. The second-order valence-corrected chi connectivity index (χ2v) is 5.00. The summed E-state index contributed by atoms with van der Waals surface area (Å²) in [5, 5.41) is 2.84. The van der Waals surface area contributed by atoms with E-state index >= 15 is 0 Å². The van der Waals surface area contributed by atoms with Gasteiger partial charge in [-0.3, -0.25) is 9.59 Å². The van der Waals surface area contributed by atoms with E-state index in [1.807, 2.05) is 11.8 Å². The highest BCUT2D eigenvalue weighted by Crippen LogP contribution is 2.31. The summed E-state index contributed by atoms with van der Waals surface area (Å²) >= 11 is 0. The molecule has 0 aromatic carbocycles. The summed E-state index contributed by atoms with van der Waals surface area (Å²) < 4.78 is 0. The fourth-order valence-electron chi connectivity index (χ4n) is 2.41. The van der Waals surface area contributed by atoms with Crippen molar-refractivity contribution in [3.63, 3.8) is 0 Å². The molecular formula is C12H21N3O2. The molecule has 2 aliphatic rings. The highest BCUT2D eigenvalue weighted by Gasteiger charge is 2.43. The molecule has 0 bridgehead atoms. The second kappa shape index (κ2) is 5.04. The first-order chi connectivity index (χ1) is 8.13. The van der Waals surface area contributed by atoms with Crippen molar-refractivity contribution in [2.45, 2.75) is 32.2 Å². The summed E-state index contributed by atoms with van der Waals surface area (Å²) in [5.74, 6) is 0.442. The Hall–Kier alpha value is -1.10. The molecule has 1 aliphatic heterocycles. The minimum absolute atomic E-state index is 0.0519. The molecule has 2 amide bonds. The van der Waals surface area contributed by atoms with E-state index in [-0.39, 0.29) is 29.7 Å². The van der Waals surface area contributed by atoms with Crippen LogP contribution in [0.3, 0.4) is 0 Å². The Bertz CT molecular complexity index is 311. The van der Waals surface area contributed by atoms with Crippen molar-refractivity contribution in [3.8, 4) is 0 Å². The molecular weight excluding hydrogens is 218 g/mol. The Morgan fingerprint density at radius 1 is 1.35 bits per heavy atom. The van der Waals surface area contributed by atoms with E-state index in [4.69, 9.17) is 5.73 Å². The lowest BCUT2D eigenvalue weighted by molar-refractivity contribution is -0.136. The topological polar surface area (TPSA) is 75.4 Å². The van der Waals surface area contributed by atoms with Crippen LogP contribution < -0.4 is 11.1 Å². The van der Waals surface area contributed by atoms with E-state index in [0.29, 0.717) is 19.6 Å². The molecule has 5 heteroatoms. The maximum atomic E-state index is 11.9. The molecule has 2 unspecified atom stereocenters. The van der Waals surface area contributed by atoms with Crippen LogP contribution in [0, 0.1) is 11.8 Å². The lowest BCUT2D eigenvalue weighted by Gasteiger charge is -2.31. The molecule has 1 saturated heterocycles. The van der Waals surface area contributed by atoms with Crippen LogP contribution in [0.1, 0.15) is 26.2 Å². The van der Waals surface area contributed by atoms with Gasteiger partial charge in [0.25, 0.3) is 0 Å². The van der Waals surface area contributed by atoms with Crippen LogP contribution in [-0.2, 0) is 9.59 Å². The summed E-state index contributed by atoms with van der Waals surface area (Å²) in [5.41, 5.74) is 5.68. The molecule has 2 fully saturated rings. The van der Waals surface area contributed by atoms with Gasteiger partial charge in [0.15, 0.2) is 0 Å². The van der Waals surface area contributed by atoms with E-state index < -0.39 is 0 Å². The van der Waals surface area contributed by atoms with Gasteiger partial charge in [-0.25, -0.2) is 0 Å². The molecule has 1 aliphatic carbocycles. The van der Waals surface area contributed by atoms with Gasteiger partial charge >= 0.3 is 0 Å². The molecule has 17 heavy (non-hydrogen) atoms. The molecule has 3 N–H and O–H groups in total. The van der Waals surface area contributed by atoms with Gasteiger partial charge in [0.1, 0.15) is 0 Å². The number of hydrogen-bond donors (Lipinski definition) is 2. The zero-order valence-corrected chi connectivity index (χ0v) is 10.3. The Balaban J connectivity index is 1.78. The van der Waals surface area contributed by atoms with E-state index in [2.05, 4.69) is 5.32 Å². The lowest BCUT2D eigenvalue weighted by Crippen LogP contribution is -2.44. The third kappa shape index (κ3) is 2.77. The number of hydrogen-bond acceptors (Lipinski definition) is 3. The minimum atomic E-state index is 0.0519. The number of nitrogens with zero attached hydrogens (tertiary/aromatic N) is 1. The minimum Gasteiger partial charge on any atom is -0.356 e. The third-order valence-electron chi connectivity index (χ3n) is 3.69. The number of amides is 2. The summed E-state index contributed by atoms with van der Waals surface area (Å²) in [6, 6.07) is 0.0728. The van der Waals surface area contributed by atoms with Crippen molar-refractivity contribution >= 4 is 11.8 Å². The quantitative estimate of drug-likeness (QED) is 0.710. The smallest absolute Gasteiger partial charge is 0.227 e. The Morgan fingerprint density at radius 2 is 1.94 bits per heavy atom. The fraction of sp³-hybridized carbons (Fsp3) is 0.833. The van der Waals surface area contributed by atoms with Gasteiger partial charge in [-0.15, -0.1) is 0 Å². The first-order valence-corrected chi connectivity index (χ1v) is 6.45. The maximum Gasteiger partial charge on any atom is 0.227 e. The molecule has 2 rings (SSSR count). The number of carbonyl (C=O) groups is 2. The Kier molecular flexibility index (Phi) is 3.66. The molecule has 0 aromatic rings. The Morgan fingerprint density at radius 3 is 2.41 bits per heavy atom. The number of likely N-dealkylation sites (tertiary alicyclic amines) is 1. The van der Waals surface area contributed by atoms with Crippen LogP contribution in [0.4, 0.5) is 0 Å². The van der Waals surface area contributed by atoms with Crippen molar-refractivity contribution in [2.75, 3.05) is 19.6 Å². The van der Waals surface area contributed by atoms with Crippen molar-refractivity contribution in [1.82, 2.24) is 10.2 Å². The van der Waals surface area contributed by atoms with Gasteiger partial charge in [-0.05, 0) is 26.2 Å². The summed E-state index contributed by atoms with van der Waals surface area (Å²) in [6.45, 7) is 3.99. The van der Waals surface area contributed by atoms with Crippen LogP contribution in [-0.4, -0.2) is 42.4 Å². The first kappa shape index (κ1) is 12.4. The average molecular weight is 239 g/mol. The molecule has 0 radical (unpaired) electrons. The van der Waals surface area contributed by atoms with Gasteiger partial charge in [0.05, 0.1) is 5.92 Å². The number of nitrogens with two attached hydrogens (primary N) is 1. The molecule has 0 spiro atoms. The Labute approximate surface area is 102 Å². The van der Waals surface area contributed by atoms with Crippen LogP contribution >= 0.6 is 0 Å². The molecule has 1 heterocycles. The fourth-order valence-corrected chi connectivity index (χ4v) is 2.41. The van der Waals surface area contributed by atoms with Crippen LogP contribution in [0.5, 0.6) is 0 Å². The predicted octanol–water partition coefficient (Wildman–Crippen LogP) is -0.292. The number of carbonyl (C=O) groups excluding carboxylic acids is 2. The molecule has 2 atom stereocenters. The van der Waals surface area contributed by atoms with E-state index in [9.17, 15) is 9.59 Å². The van der Waals surface area contributed by atoms with Crippen molar-refractivity contribution in [3.05, 3.63) is 0 Å². The molecule has 5 nitrogen and oxygen atoms in total. The zero-order valence-electron chi connectivity index (χ0n) is 10.3. The SMILES string of the molecule is CCNC(=O)C1CCN(C(=O)C2CC2N)CC1. The first-order valence-electron chi connectivity index (χ1n) is 6.45. The predicted molar refractivity (Wildman–Crippen MR) is 64.1 cm³/mol. The third-order valence-corrected chi connectivity index (χ3v) is 3.69. The lowest BCUT2D eigenvalue weighted by atomic mass is 9.95. The van der Waals surface area contributed by atoms with Gasteiger partial charge in [-0.1, -0.05) is 0 Å². The normalized spacial score (nSPS) is 28.9. The van der Waals surface area contributed by atoms with Crippen LogP contribution in [0.2, 0.25) is 0 Å². The number of piperidine rings is 1. The van der Waals surface area contributed by atoms with Crippen molar-refractivity contribution < 1.29 is 9.59 Å². The van der Waals surface area contributed by atoms with Crippen LogP contribution in [0.25, 0.3) is 0 Å². The monoisotopic (exact) mass is 239 g/mol. The van der Waals surface area contributed by atoms with Gasteiger partial charge in [0.2, 0.25) is 11.8 Å². The standard InChI is InChI=1S/C12H21N3O2/c1-2-14-11(16)8-3-5-15(6-4-8)12(17)9-7-10(9)13/h8-10H,2-7,13H2,1H3,(H,14,16). The summed E-state index contributed by atoms with van der Waals surface area (Å²) in [7, 11) is 0. The van der Waals surface area contributed by atoms with Gasteiger partial charge in [-0.2, -0.15) is 0 Å². The van der Waals surface area contributed by atoms with Gasteiger partial charge in [0, 0.05) is 31.6 Å². The number of nitrogens with one attached hydrogen (secondary N) is 1. The highest BCUT2D eigenvalue weighted by molar-refractivity contribution is 5.83. The number of rotatable bonds is 3. The van der Waals surface area contributed by atoms with E-state index in [1.165, 1.54) is 0 Å². The second-order valence-electron chi connectivity index (χ2n) is 5.00. The van der Waals surface area contributed by atoms with E-state index in [1.54, 1.807) is 0 Å². The summed E-state index contributed by atoms with van der Waals surface area (Å²) in [6.07, 6.45) is 2.38. The average Bonchev–Trinajstić information content (AvgIpc) is 3.06. The van der Waals surface area contributed by atoms with Gasteiger partial charge < -0.3 is 16.0 Å².